The zero-order chi connectivity index (χ0) is 21.1. The van der Waals surface area contributed by atoms with Gasteiger partial charge in [-0.05, 0) is 31.5 Å². The fourth-order valence-electron chi connectivity index (χ4n) is 4.18. The summed E-state index contributed by atoms with van der Waals surface area (Å²) in [5, 5.41) is 5.02. The zero-order valence-electron chi connectivity index (χ0n) is 18.3. The zero-order valence-corrected chi connectivity index (χ0v) is 18.3. The quantitative estimate of drug-likeness (QED) is 0.634. The van der Waals surface area contributed by atoms with Gasteiger partial charge < -0.3 is 14.4 Å². The molecule has 0 N–H and O–H groups in total. The molecule has 0 atom stereocenters. The van der Waals surface area contributed by atoms with Crippen molar-refractivity contribution in [2.75, 3.05) is 40.5 Å². The lowest BCUT2D eigenvalue weighted by Crippen LogP contribution is -2.36. The molecule has 0 saturated heterocycles. The van der Waals surface area contributed by atoms with Crippen LogP contribution in [0.5, 0.6) is 5.75 Å². The van der Waals surface area contributed by atoms with E-state index in [9.17, 15) is 4.79 Å². The summed E-state index contributed by atoms with van der Waals surface area (Å²) in [5.74, 6) is 1.22. The highest BCUT2D eigenvalue weighted by atomic mass is 16.5. The minimum Gasteiger partial charge on any atom is -0.494 e. The summed E-state index contributed by atoms with van der Waals surface area (Å²) in [5.41, 5.74) is 4.41. The van der Waals surface area contributed by atoms with Crippen molar-refractivity contribution in [3.63, 3.8) is 0 Å². The third-order valence-electron chi connectivity index (χ3n) is 6.12. The smallest absolute Gasteiger partial charge is 0.226 e. The van der Waals surface area contributed by atoms with Gasteiger partial charge in [-0.3, -0.25) is 9.69 Å². The molecule has 1 amide bonds. The second-order valence-corrected chi connectivity index (χ2v) is 8.10. The van der Waals surface area contributed by atoms with E-state index < -0.39 is 0 Å². The van der Waals surface area contributed by atoms with E-state index in [1.54, 1.807) is 14.2 Å². The average molecular weight is 413 g/mol. The van der Waals surface area contributed by atoms with Crippen LogP contribution in [0.1, 0.15) is 36.7 Å². The first kappa shape index (κ1) is 20.9. The predicted molar refractivity (Wildman–Crippen MR) is 115 cm³/mol. The molecule has 1 aromatic heterocycles. The van der Waals surface area contributed by atoms with E-state index in [4.69, 9.17) is 14.6 Å². The molecule has 30 heavy (non-hydrogen) atoms. The van der Waals surface area contributed by atoms with E-state index >= 15 is 0 Å². The molecule has 7 heteroatoms. The minimum absolute atomic E-state index is 0.182. The number of nitrogens with zero attached hydrogens (tertiary/aromatic N) is 4. The van der Waals surface area contributed by atoms with Crippen LogP contribution in [0.4, 0.5) is 0 Å². The number of benzene rings is 1. The van der Waals surface area contributed by atoms with Crippen LogP contribution >= 0.6 is 0 Å². The predicted octanol–water partition coefficient (Wildman–Crippen LogP) is 2.64. The lowest BCUT2D eigenvalue weighted by Gasteiger charge is -2.27. The van der Waals surface area contributed by atoms with Crippen LogP contribution < -0.4 is 4.74 Å². The van der Waals surface area contributed by atoms with Gasteiger partial charge in [0.2, 0.25) is 5.91 Å². The molecular formula is C23H32N4O3. The number of para-hydroxylation sites is 2. The molecular weight excluding hydrogens is 380 g/mol. The van der Waals surface area contributed by atoms with Crippen LogP contribution in [-0.2, 0) is 29.0 Å². The highest BCUT2D eigenvalue weighted by Crippen LogP contribution is 2.33. The first-order chi connectivity index (χ1) is 14.7. The molecule has 0 spiro atoms. The molecule has 1 fully saturated rings. The molecule has 0 unspecified atom stereocenters. The number of ether oxygens (including phenoxy) is 2. The van der Waals surface area contributed by atoms with Gasteiger partial charge in [-0.15, -0.1) is 0 Å². The normalized spacial score (nSPS) is 16.4. The largest absolute Gasteiger partial charge is 0.494 e. The van der Waals surface area contributed by atoms with Crippen molar-refractivity contribution in [1.82, 2.24) is 19.6 Å². The SMILES string of the molecule is CCN1CCc2c(c(CN(CCOC)C(=O)C3CC3)nn2-c2ccccc2OC)C1. The van der Waals surface area contributed by atoms with Gasteiger partial charge >= 0.3 is 0 Å². The molecule has 1 aliphatic heterocycles. The molecule has 0 bridgehead atoms. The maximum Gasteiger partial charge on any atom is 0.226 e. The second kappa shape index (κ2) is 9.18. The van der Waals surface area contributed by atoms with Gasteiger partial charge in [0.15, 0.2) is 0 Å². The molecule has 1 saturated carbocycles. The van der Waals surface area contributed by atoms with Crippen molar-refractivity contribution in [2.45, 2.75) is 39.3 Å². The van der Waals surface area contributed by atoms with Crippen molar-refractivity contribution in [3.05, 3.63) is 41.2 Å². The van der Waals surface area contributed by atoms with Gasteiger partial charge in [-0.2, -0.15) is 5.10 Å². The van der Waals surface area contributed by atoms with E-state index in [1.807, 2.05) is 33.8 Å². The Kier molecular flexibility index (Phi) is 6.39. The van der Waals surface area contributed by atoms with Crippen molar-refractivity contribution in [2.24, 2.45) is 5.92 Å². The summed E-state index contributed by atoms with van der Waals surface area (Å²) in [7, 11) is 3.37. The lowest BCUT2D eigenvalue weighted by molar-refractivity contribution is -0.133. The first-order valence-electron chi connectivity index (χ1n) is 10.9. The van der Waals surface area contributed by atoms with Gasteiger partial charge in [-0.1, -0.05) is 19.1 Å². The van der Waals surface area contributed by atoms with Crippen LogP contribution in [0.3, 0.4) is 0 Å². The molecule has 1 aromatic carbocycles. The van der Waals surface area contributed by atoms with Crippen molar-refractivity contribution < 1.29 is 14.3 Å². The summed E-state index contributed by atoms with van der Waals surface area (Å²) >= 11 is 0. The highest BCUT2D eigenvalue weighted by molar-refractivity contribution is 5.81. The Morgan fingerprint density at radius 1 is 1.27 bits per heavy atom. The third-order valence-corrected chi connectivity index (χ3v) is 6.12. The first-order valence-corrected chi connectivity index (χ1v) is 10.9. The Morgan fingerprint density at radius 2 is 2.07 bits per heavy atom. The second-order valence-electron chi connectivity index (χ2n) is 8.10. The van der Waals surface area contributed by atoms with Gasteiger partial charge in [0, 0.05) is 44.6 Å². The average Bonchev–Trinajstić information content (AvgIpc) is 3.58. The van der Waals surface area contributed by atoms with Crippen molar-refractivity contribution >= 4 is 5.91 Å². The Bertz CT molecular complexity index is 891. The monoisotopic (exact) mass is 412 g/mol. The standard InChI is InChI=1S/C23H32N4O3/c1-4-25-12-11-20-18(15-25)19(16-26(13-14-29-2)23(28)17-9-10-17)24-27(20)21-7-5-6-8-22(21)30-3/h5-8,17H,4,9-16H2,1-3H3. The Morgan fingerprint density at radius 3 is 2.77 bits per heavy atom. The van der Waals surface area contributed by atoms with Crippen LogP contribution in [0.15, 0.2) is 24.3 Å². The molecule has 1 aliphatic carbocycles. The van der Waals surface area contributed by atoms with Crippen LogP contribution in [0, 0.1) is 5.92 Å². The Balaban J connectivity index is 1.71. The van der Waals surface area contributed by atoms with Crippen LogP contribution in [0.2, 0.25) is 0 Å². The number of carbonyl (C=O) groups is 1. The fraction of sp³-hybridized carbons (Fsp3) is 0.565. The molecule has 0 radical (unpaired) electrons. The molecule has 7 nitrogen and oxygen atoms in total. The van der Waals surface area contributed by atoms with E-state index in [2.05, 4.69) is 11.8 Å². The number of carbonyl (C=O) groups excluding carboxylic acids is 1. The van der Waals surface area contributed by atoms with Gasteiger partial charge in [-0.25, -0.2) is 4.68 Å². The van der Waals surface area contributed by atoms with E-state index in [0.717, 1.165) is 56.0 Å². The van der Waals surface area contributed by atoms with Gasteiger partial charge in [0.05, 0.1) is 31.6 Å². The summed E-state index contributed by atoms with van der Waals surface area (Å²) in [6.45, 7) is 6.74. The Hall–Kier alpha value is -2.38. The highest BCUT2D eigenvalue weighted by Gasteiger charge is 2.35. The molecule has 2 aromatic rings. The van der Waals surface area contributed by atoms with Gasteiger partial charge in [0.1, 0.15) is 11.4 Å². The molecule has 162 valence electrons. The number of methoxy groups -OCH3 is 2. The van der Waals surface area contributed by atoms with Crippen LogP contribution in [-0.4, -0.2) is 65.9 Å². The van der Waals surface area contributed by atoms with Crippen LogP contribution in [0.25, 0.3) is 5.69 Å². The maximum absolute atomic E-state index is 12.9. The molecule has 4 rings (SSSR count). The van der Waals surface area contributed by atoms with E-state index in [-0.39, 0.29) is 11.8 Å². The summed E-state index contributed by atoms with van der Waals surface area (Å²) in [4.78, 5) is 17.3. The lowest BCUT2D eigenvalue weighted by atomic mass is 10.0. The maximum atomic E-state index is 12.9. The minimum atomic E-state index is 0.182. The molecule has 2 aliphatic rings. The topological polar surface area (TPSA) is 59.8 Å². The number of amides is 1. The van der Waals surface area contributed by atoms with Crippen molar-refractivity contribution in [3.8, 4) is 11.4 Å². The fourth-order valence-corrected chi connectivity index (χ4v) is 4.18. The third kappa shape index (κ3) is 4.23. The Labute approximate surface area is 178 Å². The summed E-state index contributed by atoms with van der Waals surface area (Å²) < 4.78 is 12.9. The number of aromatic nitrogens is 2. The summed E-state index contributed by atoms with van der Waals surface area (Å²) in [6.07, 6.45) is 2.93. The van der Waals surface area contributed by atoms with Crippen molar-refractivity contribution in [1.29, 1.82) is 0 Å². The summed E-state index contributed by atoms with van der Waals surface area (Å²) in [6, 6.07) is 7.99. The number of hydrogen-bond donors (Lipinski definition) is 0. The number of fused-ring (bicyclic) bond motifs is 1. The van der Waals surface area contributed by atoms with E-state index in [0.29, 0.717) is 19.7 Å². The number of likely N-dealkylation sites (N-methyl/N-ethyl adjacent to an activating group) is 1. The van der Waals surface area contributed by atoms with Gasteiger partial charge in [0.25, 0.3) is 0 Å². The number of hydrogen-bond acceptors (Lipinski definition) is 5. The number of rotatable bonds is 9. The molecule has 2 heterocycles. The van der Waals surface area contributed by atoms with E-state index in [1.165, 1.54) is 11.3 Å².